The summed E-state index contributed by atoms with van der Waals surface area (Å²) in [5.41, 5.74) is 3.07. The minimum atomic E-state index is -0.658. The normalized spacial score (nSPS) is 10.8. The standard InChI is InChI=1S/C15H16N6O2/c1-10-7-8-17-15(19-10)18-9-12(14(23)21-16)20-13(22)11-5-3-2-4-6-11/h2-9H,16H2,1H3,(H,20,22)(H,21,23)(H,17,18,19). The van der Waals surface area contributed by atoms with Crippen molar-refractivity contribution in [3.63, 3.8) is 0 Å². The summed E-state index contributed by atoms with van der Waals surface area (Å²) in [7, 11) is 0. The number of nitrogens with zero attached hydrogens (tertiary/aromatic N) is 2. The van der Waals surface area contributed by atoms with Crippen LogP contribution in [0.15, 0.2) is 54.5 Å². The lowest BCUT2D eigenvalue weighted by atomic mass is 10.2. The molecule has 1 aromatic carbocycles. The number of aryl methyl sites for hydroxylation is 1. The van der Waals surface area contributed by atoms with Crippen LogP contribution in [0.3, 0.4) is 0 Å². The molecular weight excluding hydrogens is 296 g/mol. The van der Waals surface area contributed by atoms with Crippen molar-refractivity contribution in [2.45, 2.75) is 6.92 Å². The molecule has 0 unspecified atom stereocenters. The quantitative estimate of drug-likeness (QED) is 0.275. The van der Waals surface area contributed by atoms with Gasteiger partial charge in [0.1, 0.15) is 5.70 Å². The van der Waals surface area contributed by atoms with Gasteiger partial charge in [-0.15, -0.1) is 0 Å². The predicted octanol–water partition coefficient (Wildman–Crippen LogP) is 0.458. The van der Waals surface area contributed by atoms with Gasteiger partial charge in [0.2, 0.25) is 5.95 Å². The minimum Gasteiger partial charge on any atom is -0.328 e. The van der Waals surface area contributed by atoms with Crippen molar-refractivity contribution >= 4 is 17.8 Å². The average Bonchev–Trinajstić information content (AvgIpc) is 2.58. The summed E-state index contributed by atoms with van der Waals surface area (Å²) in [4.78, 5) is 32.0. The van der Waals surface area contributed by atoms with E-state index in [2.05, 4.69) is 20.6 Å². The lowest BCUT2D eigenvalue weighted by molar-refractivity contribution is -0.117. The molecule has 5 N–H and O–H groups in total. The van der Waals surface area contributed by atoms with Crippen LogP contribution in [0.25, 0.3) is 0 Å². The van der Waals surface area contributed by atoms with Crippen molar-refractivity contribution in [2.75, 3.05) is 5.32 Å². The summed E-state index contributed by atoms with van der Waals surface area (Å²) in [6.07, 6.45) is 2.85. The second-order valence-electron chi connectivity index (χ2n) is 4.52. The first-order valence-corrected chi connectivity index (χ1v) is 6.74. The Kier molecular flexibility index (Phi) is 5.37. The molecule has 0 saturated heterocycles. The number of aromatic nitrogens is 2. The van der Waals surface area contributed by atoms with Crippen LogP contribution < -0.4 is 21.9 Å². The van der Waals surface area contributed by atoms with Gasteiger partial charge in [0.25, 0.3) is 11.8 Å². The fraction of sp³-hybridized carbons (Fsp3) is 0.0667. The van der Waals surface area contributed by atoms with E-state index >= 15 is 0 Å². The number of amides is 2. The van der Waals surface area contributed by atoms with Gasteiger partial charge in [-0.3, -0.25) is 15.0 Å². The Labute approximate surface area is 132 Å². The maximum Gasteiger partial charge on any atom is 0.283 e. The number of nitrogens with two attached hydrogens (primary N) is 1. The summed E-state index contributed by atoms with van der Waals surface area (Å²) in [6, 6.07) is 10.2. The van der Waals surface area contributed by atoms with E-state index in [9.17, 15) is 9.59 Å². The van der Waals surface area contributed by atoms with Crippen molar-refractivity contribution in [3.8, 4) is 0 Å². The highest BCUT2D eigenvalue weighted by molar-refractivity contribution is 6.02. The molecule has 0 aliphatic heterocycles. The zero-order valence-corrected chi connectivity index (χ0v) is 12.4. The molecule has 2 amide bonds. The summed E-state index contributed by atoms with van der Waals surface area (Å²) < 4.78 is 0. The molecule has 1 heterocycles. The zero-order chi connectivity index (χ0) is 16.7. The zero-order valence-electron chi connectivity index (χ0n) is 12.4. The monoisotopic (exact) mass is 312 g/mol. The van der Waals surface area contributed by atoms with Crippen molar-refractivity contribution in [3.05, 3.63) is 65.7 Å². The molecule has 8 heteroatoms. The van der Waals surface area contributed by atoms with E-state index in [0.717, 1.165) is 5.69 Å². The molecule has 0 aliphatic rings. The van der Waals surface area contributed by atoms with Gasteiger partial charge in [0, 0.05) is 23.7 Å². The van der Waals surface area contributed by atoms with Crippen LogP contribution in [0.4, 0.5) is 5.95 Å². The first-order chi connectivity index (χ1) is 11.1. The van der Waals surface area contributed by atoms with E-state index in [1.165, 1.54) is 6.20 Å². The summed E-state index contributed by atoms with van der Waals surface area (Å²) >= 11 is 0. The largest absolute Gasteiger partial charge is 0.328 e. The summed E-state index contributed by atoms with van der Waals surface area (Å²) in [5.74, 6) is 4.33. The number of nitrogens with one attached hydrogen (secondary N) is 3. The molecule has 0 fully saturated rings. The number of hydrogen-bond donors (Lipinski definition) is 4. The number of hydrogen-bond acceptors (Lipinski definition) is 6. The molecule has 2 rings (SSSR count). The highest BCUT2D eigenvalue weighted by Crippen LogP contribution is 2.02. The minimum absolute atomic E-state index is 0.0635. The van der Waals surface area contributed by atoms with Gasteiger partial charge in [-0.1, -0.05) is 18.2 Å². The molecule has 0 aliphatic carbocycles. The Balaban J connectivity index is 2.15. The Morgan fingerprint density at radius 1 is 1.17 bits per heavy atom. The molecule has 118 valence electrons. The maximum absolute atomic E-state index is 12.1. The molecule has 0 atom stereocenters. The van der Waals surface area contributed by atoms with Gasteiger partial charge in [-0.2, -0.15) is 0 Å². The van der Waals surface area contributed by atoms with Crippen LogP contribution in [0, 0.1) is 6.92 Å². The van der Waals surface area contributed by atoms with Gasteiger partial charge in [0.05, 0.1) is 0 Å². The highest BCUT2D eigenvalue weighted by atomic mass is 16.2. The maximum atomic E-state index is 12.1. The summed E-state index contributed by atoms with van der Waals surface area (Å²) in [5, 5.41) is 5.22. The molecule has 0 spiro atoms. The molecule has 1 aromatic heterocycles. The van der Waals surface area contributed by atoms with Crippen LogP contribution >= 0.6 is 0 Å². The van der Waals surface area contributed by atoms with E-state index in [-0.39, 0.29) is 5.70 Å². The third kappa shape index (κ3) is 4.61. The van der Waals surface area contributed by atoms with Crippen molar-refractivity contribution in [1.82, 2.24) is 20.7 Å². The molecule has 8 nitrogen and oxygen atoms in total. The Bertz CT molecular complexity index is 730. The van der Waals surface area contributed by atoms with Crippen LogP contribution in [-0.2, 0) is 4.79 Å². The third-order valence-electron chi connectivity index (χ3n) is 2.80. The Hall–Kier alpha value is -3.26. The fourth-order valence-electron chi connectivity index (χ4n) is 1.68. The van der Waals surface area contributed by atoms with Crippen LogP contribution in [0.2, 0.25) is 0 Å². The fourth-order valence-corrected chi connectivity index (χ4v) is 1.68. The van der Waals surface area contributed by atoms with Gasteiger partial charge >= 0.3 is 0 Å². The molecule has 0 radical (unpaired) electrons. The summed E-state index contributed by atoms with van der Waals surface area (Å²) in [6.45, 7) is 1.81. The van der Waals surface area contributed by atoms with Crippen LogP contribution in [0.5, 0.6) is 0 Å². The van der Waals surface area contributed by atoms with Crippen molar-refractivity contribution < 1.29 is 9.59 Å². The van der Waals surface area contributed by atoms with E-state index in [1.54, 1.807) is 49.5 Å². The first kappa shape index (κ1) is 16.1. The van der Waals surface area contributed by atoms with E-state index in [1.807, 2.05) is 5.43 Å². The van der Waals surface area contributed by atoms with Crippen molar-refractivity contribution in [1.29, 1.82) is 0 Å². The first-order valence-electron chi connectivity index (χ1n) is 6.74. The van der Waals surface area contributed by atoms with Crippen molar-refractivity contribution in [2.24, 2.45) is 5.84 Å². The lowest BCUT2D eigenvalue weighted by Crippen LogP contribution is -2.38. The lowest BCUT2D eigenvalue weighted by Gasteiger charge is -2.09. The number of carbonyl (C=O) groups excluding carboxylic acids is 2. The molecule has 0 saturated carbocycles. The van der Waals surface area contributed by atoms with Gasteiger partial charge in [-0.05, 0) is 25.1 Å². The number of carbonyl (C=O) groups is 2. The van der Waals surface area contributed by atoms with Crippen LogP contribution in [-0.4, -0.2) is 21.8 Å². The highest BCUT2D eigenvalue weighted by Gasteiger charge is 2.13. The SMILES string of the molecule is Cc1ccnc(NC=C(NC(=O)c2ccccc2)C(=O)NN)n1. The molecule has 23 heavy (non-hydrogen) atoms. The smallest absolute Gasteiger partial charge is 0.283 e. The van der Waals surface area contributed by atoms with Gasteiger partial charge in [0.15, 0.2) is 0 Å². The number of rotatable bonds is 5. The number of hydrazine groups is 1. The Morgan fingerprint density at radius 2 is 1.91 bits per heavy atom. The molecule has 2 aromatic rings. The molecular formula is C15H16N6O2. The third-order valence-corrected chi connectivity index (χ3v) is 2.80. The number of anilines is 1. The van der Waals surface area contributed by atoms with E-state index in [0.29, 0.717) is 11.5 Å². The second kappa shape index (κ2) is 7.66. The molecule has 0 bridgehead atoms. The van der Waals surface area contributed by atoms with Gasteiger partial charge in [-0.25, -0.2) is 15.8 Å². The number of benzene rings is 1. The predicted molar refractivity (Wildman–Crippen MR) is 84.7 cm³/mol. The van der Waals surface area contributed by atoms with E-state index in [4.69, 9.17) is 5.84 Å². The Morgan fingerprint density at radius 3 is 2.57 bits per heavy atom. The van der Waals surface area contributed by atoms with E-state index < -0.39 is 11.8 Å². The topological polar surface area (TPSA) is 122 Å². The second-order valence-corrected chi connectivity index (χ2v) is 4.52. The average molecular weight is 312 g/mol. The van der Waals surface area contributed by atoms with Gasteiger partial charge < -0.3 is 10.6 Å². The van der Waals surface area contributed by atoms with Crippen LogP contribution in [0.1, 0.15) is 16.1 Å².